The Morgan fingerprint density at radius 2 is 1.78 bits per heavy atom. The summed E-state index contributed by atoms with van der Waals surface area (Å²) in [6.07, 6.45) is 1.60. The van der Waals surface area contributed by atoms with Crippen LogP contribution in [0.5, 0.6) is 0 Å². The van der Waals surface area contributed by atoms with E-state index in [4.69, 9.17) is 16.3 Å². The smallest absolute Gasteiger partial charge is 0.359 e. The third kappa shape index (κ3) is 4.09. The van der Waals surface area contributed by atoms with Crippen LogP contribution in [0.4, 0.5) is 10.5 Å². The monoisotopic (exact) mass is 459 g/mol. The van der Waals surface area contributed by atoms with Crippen molar-refractivity contribution in [2.45, 2.75) is 58.8 Å². The normalized spacial score (nSPS) is 21.2. The molecule has 9 heteroatoms. The highest BCUT2D eigenvalue weighted by Crippen LogP contribution is 2.36. The SMILES string of the molecule is C[C@@H]1CN(C(=O)N2Cc3c(C(=O)OC(C)(C)C)ncn3-c3ccc(Cl)cc32)C[C@H](C)N1C. The number of imidazole rings is 1. The molecule has 4 rings (SSSR count). The van der Waals surface area contributed by atoms with Gasteiger partial charge in [-0.05, 0) is 59.9 Å². The molecule has 0 N–H and O–H groups in total. The zero-order chi connectivity index (χ0) is 23.4. The van der Waals surface area contributed by atoms with Gasteiger partial charge in [0.05, 0.1) is 23.6 Å². The van der Waals surface area contributed by atoms with E-state index in [0.29, 0.717) is 29.5 Å². The summed E-state index contributed by atoms with van der Waals surface area (Å²) in [5, 5.41) is 0.539. The van der Waals surface area contributed by atoms with E-state index in [0.717, 1.165) is 5.69 Å². The van der Waals surface area contributed by atoms with Gasteiger partial charge in [-0.3, -0.25) is 14.4 Å². The number of hydrogen-bond donors (Lipinski definition) is 0. The predicted molar refractivity (Wildman–Crippen MR) is 124 cm³/mol. The number of halogens is 1. The number of carbonyl (C=O) groups excluding carboxylic acids is 2. The first-order chi connectivity index (χ1) is 15.0. The van der Waals surface area contributed by atoms with Crippen LogP contribution in [0.1, 0.15) is 50.8 Å². The van der Waals surface area contributed by atoms with Crippen molar-refractivity contribution in [2.75, 3.05) is 25.0 Å². The lowest BCUT2D eigenvalue weighted by Gasteiger charge is -2.44. The van der Waals surface area contributed by atoms with Gasteiger partial charge in [0.1, 0.15) is 11.9 Å². The fraction of sp³-hybridized carbons (Fsp3) is 0.522. The number of fused-ring (bicyclic) bond motifs is 3. The summed E-state index contributed by atoms with van der Waals surface area (Å²) in [6.45, 7) is 11.1. The highest BCUT2D eigenvalue weighted by atomic mass is 35.5. The molecule has 1 aromatic heterocycles. The third-order valence-electron chi connectivity index (χ3n) is 6.12. The molecule has 1 saturated heterocycles. The topological polar surface area (TPSA) is 70.9 Å². The number of likely N-dealkylation sites (N-methyl/N-ethyl adjacent to an activating group) is 1. The molecule has 0 saturated carbocycles. The Hall–Kier alpha value is -2.58. The van der Waals surface area contributed by atoms with Gasteiger partial charge in [0.2, 0.25) is 0 Å². The van der Waals surface area contributed by atoms with Gasteiger partial charge in [-0.1, -0.05) is 11.6 Å². The zero-order valence-corrected chi connectivity index (χ0v) is 20.2. The molecule has 2 aliphatic heterocycles. The van der Waals surface area contributed by atoms with Crippen molar-refractivity contribution in [1.82, 2.24) is 19.4 Å². The predicted octanol–water partition coefficient (Wildman–Crippen LogP) is 3.95. The number of piperazine rings is 1. The van der Waals surface area contributed by atoms with Gasteiger partial charge in [0, 0.05) is 30.2 Å². The van der Waals surface area contributed by atoms with Crippen molar-refractivity contribution in [3.8, 4) is 5.69 Å². The lowest BCUT2D eigenvalue weighted by molar-refractivity contribution is 0.00619. The van der Waals surface area contributed by atoms with E-state index in [1.807, 2.05) is 36.3 Å². The fourth-order valence-electron chi connectivity index (χ4n) is 4.28. The fourth-order valence-corrected chi connectivity index (χ4v) is 4.45. The Kier molecular flexibility index (Phi) is 5.71. The van der Waals surface area contributed by atoms with Crippen LogP contribution in [0.2, 0.25) is 5.02 Å². The summed E-state index contributed by atoms with van der Waals surface area (Å²) in [4.78, 5) is 36.7. The molecule has 2 aromatic rings. The van der Waals surface area contributed by atoms with Gasteiger partial charge in [0.15, 0.2) is 5.69 Å². The number of benzene rings is 1. The first-order valence-corrected chi connectivity index (χ1v) is 11.2. The molecule has 2 atom stereocenters. The van der Waals surface area contributed by atoms with Crippen LogP contribution in [-0.2, 0) is 11.3 Å². The summed E-state index contributed by atoms with van der Waals surface area (Å²) in [6, 6.07) is 5.78. The van der Waals surface area contributed by atoms with Crippen molar-refractivity contribution in [3.63, 3.8) is 0 Å². The minimum atomic E-state index is -0.644. The molecule has 0 bridgehead atoms. The second-order valence-corrected chi connectivity index (χ2v) is 10.1. The highest BCUT2D eigenvalue weighted by molar-refractivity contribution is 6.31. The molecule has 2 amide bonds. The quantitative estimate of drug-likeness (QED) is 0.604. The van der Waals surface area contributed by atoms with E-state index in [1.165, 1.54) is 0 Å². The van der Waals surface area contributed by atoms with Crippen LogP contribution in [0.25, 0.3) is 5.69 Å². The summed E-state index contributed by atoms with van der Waals surface area (Å²) in [5.74, 6) is -0.502. The van der Waals surface area contributed by atoms with Gasteiger partial charge >= 0.3 is 12.0 Å². The maximum atomic E-state index is 13.7. The van der Waals surface area contributed by atoms with E-state index >= 15 is 0 Å². The molecule has 0 radical (unpaired) electrons. The third-order valence-corrected chi connectivity index (χ3v) is 6.35. The zero-order valence-electron chi connectivity index (χ0n) is 19.4. The number of urea groups is 1. The van der Waals surface area contributed by atoms with Crippen LogP contribution in [-0.4, -0.2) is 69.2 Å². The van der Waals surface area contributed by atoms with Gasteiger partial charge in [-0.15, -0.1) is 0 Å². The molecule has 0 spiro atoms. The van der Waals surface area contributed by atoms with Crippen molar-refractivity contribution in [1.29, 1.82) is 0 Å². The number of nitrogens with zero attached hydrogens (tertiary/aromatic N) is 5. The van der Waals surface area contributed by atoms with Gasteiger partial charge in [0.25, 0.3) is 0 Å². The Morgan fingerprint density at radius 1 is 1.12 bits per heavy atom. The summed E-state index contributed by atoms with van der Waals surface area (Å²) >= 11 is 6.30. The molecule has 2 aliphatic rings. The lowest BCUT2D eigenvalue weighted by Crippen LogP contribution is -2.59. The summed E-state index contributed by atoms with van der Waals surface area (Å²) in [7, 11) is 2.08. The average molecular weight is 460 g/mol. The Balaban J connectivity index is 1.73. The molecule has 1 fully saturated rings. The Labute approximate surface area is 193 Å². The lowest BCUT2D eigenvalue weighted by atomic mass is 10.1. The van der Waals surface area contributed by atoms with Crippen LogP contribution in [0.3, 0.4) is 0 Å². The molecule has 0 aliphatic carbocycles. The molecule has 3 heterocycles. The van der Waals surface area contributed by atoms with Gasteiger partial charge < -0.3 is 9.64 Å². The average Bonchev–Trinajstić information content (AvgIpc) is 3.13. The first kappa shape index (κ1) is 22.6. The number of rotatable bonds is 1. The van der Waals surface area contributed by atoms with Crippen molar-refractivity contribution < 1.29 is 14.3 Å². The largest absolute Gasteiger partial charge is 0.455 e. The molecule has 172 valence electrons. The van der Waals surface area contributed by atoms with Gasteiger partial charge in [-0.2, -0.15) is 0 Å². The maximum Gasteiger partial charge on any atom is 0.359 e. The second kappa shape index (κ2) is 8.08. The van der Waals surface area contributed by atoms with Crippen molar-refractivity contribution in [2.24, 2.45) is 0 Å². The summed E-state index contributed by atoms with van der Waals surface area (Å²) < 4.78 is 7.39. The Morgan fingerprint density at radius 3 is 2.41 bits per heavy atom. The van der Waals surface area contributed by atoms with Crippen molar-refractivity contribution >= 4 is 29.3 Å². The van der Waals surface area contributed by atoms with E-state index in [2.05, 4.69) is 30.8 Å². The number of carbonyl (C=O) groups is 2. The number of amides is 2. The number of esters is 1. The summed E-state index contributed by atoms with van der Waals surface area (Å²) in [5.41, 5.74) is 1.65. The van der Waals surface area contributed by atoms with Crippen LogP contribution >= 0.6 is 11.6 Å². The van der Waals surface area contributed by atoms with Crippen molar-refractivity contribution in [3.05, 3.63) is 40.9 Å². The molecule has 32 heavy (non-hydrogen) atoms. The van der Waals surface area contributed by atoms with E-state index < -0.39 is 11.6 Å². The number of aromatic nitrogens is 2. The van der Waals surface area contributed by atoms with Crippen LogP contribution in [0.15, 0.2) is 24.5 Å². The minimum absolute atomic E-state index is 0.108. The maximum absolute atomic E-state index is 13.7. The second-order valence-electron chi connectivity index (χ2n) is 9.68. The number of hydrogen-bond acceptors (Lipinski definition) is 5. The van der Waals surface area contributed by atoms with E-state index in [1.54, 1.807) is 23.4 Å². The molecule has 8 nitrogen and oxygen atoms in total. The Bertz CT molecular complexity index is 1050. The number of ether oxygens (including phenoxy) is 1. The van der Waals surface area contributed by atoms with Crippen LogP contribution in [0, 0.1) is 0 Å². The number of anilines is 1. The highest BCUT2D eigenvalue weighted by Gasteiger charge is 2.37. The van der Waals surface area contributed by atoms with E-state index in [-0.39, 0.29) is 30.4 Å². The first-order valence-electron chi connectivity index (χ1n) is 10.8. The molecular weight excluding hydrogens is 430 g/mol. The standard InChI is InChI=1S/C23H30ClN5O3/c1-14-10-27(11-15(2)26(14)6)22(31)28-12-19-20(21(30)32-23(3,4)5)25-13-29(19)17-8-7-16(24)9-18(17)28/h7-9,13-15H,10-12H2,1-6H3/t14-,15+. The molecule has 1 aromatic carbocycles. The van der Waals surface area contributed by atoms with Crippen LogP contribution < -0.4 is 4.90 Å². The molecule has 0 unspecified atom stereocenters. The van der Waals surface area contributed by atoms with E-state index in [9.17, 15) is 9.59 Å². The molecular formula is C23H30ClN5O3. The minimum Gasteiger partial charge on any atom is -0.455 e. The van der Waals surface area contributed by atoms with Gasteiger partial charge in [-0.25, -0.2) is 14.6 Å².